The lowest BCUT2D eigenvalue weighted by Crippen LogP contribution is -1.88. The first-order valence-corrected chi connectivity index (χ1v) is 5.98. The van der Waals surface area contributed by atoms with Gasteiger partial charge in [-0.15, -0.1) is 0 Å². The summed E-state index contributed by atoms with van der Waals surface area (Å²) in [4.78, 5) is 0. The lowest BCUT2D eigenvalue weighted by molar-refractivity contribution is 0.477. The van der Waals surface area contributed by atoms with Crippen LogP contribution in [0.25, 0.3) is 11.1 Å². The monoisotopic (exact) mass is 226 g/mol. The van der Waals surface area contributed by atoms with Gasteiger partial charge in [0.25, 0.3) is 0 Å². The van der Waals surface area contributed by atoms with Crippen molar-refractivity contribution in [1.82, 2.24) is 0 Å². The molecule has 0 aromatic heterocycles. The normalized spacial score (nSPS) is 10.8. The molecule has 1 N–H and O–H groups in total. The third-order valence-electron chi connectivity index (χ3n) is 3.05. The first-order chi connectivity index (χ1) is 8.08. The fourth-order valence-electron chi connectivity index (χ4n) is 1.88. The number of phenols is 1. The Morgan fingerprint density at radius 2 is 1.59 bits per heavy atom. The van der Waals surface area contributed by atoms with Crippen LogP contribution in [0.4, 0.5) is 0 Å². The van der Waals surface area contributed by atoms with Crippen LogP contribution in [0.15, 0.2) is 42.5 Å². The van der Waals surface area contributed by atoms with Gasteiger partial charge in [0, 0.05) is 5.56 Å². The molecule has 0 saturated heterocycles. The molecule has 1 heteroatoms. The Morgan fingerprint density at radius 1 is 0.941 bits per heavy atom. The van der Waals surface area contributed by atoms with E-state index in [1.807, 2.05) is 6.07 Å². The molecule has 0 unspecified atom stereocenters. The summed E-state index contributed by atoms with van der Waals surface area (Å²) in [5, 5.41) is 9.94. The molecule has 0 fully saturated rings. The van der Waals surface area contributed by atoms with Crippen LogP contribution in [-0.4, -0.2) is 5.11 Å². The highest BCUT2D eigenvalue weighted by molar-refractivity contribution is 5.71. The minimum atomic E-state index is 0.346. The molecule has 1 nitrogen and oxygen atoms in total. The number of aromatic hydroxyl groups is 1. The molecule has 0 aliphatic heterocycles. The van der Waals surface area contributed by atoms with E-state index in [-0.39, 0.29) is 0 Å². The first kappa shape index (κ1) is 11.7. The van der Waals surface area contributed by atoms with Crippen LogP contribution in [0.5, 0.6) is 5.75 Å². The van der Waals surface area contributed by atoms with Crippen LogP contribution < -0.4 is 0 Å². The average Bonchev–Trinajstić information content (AvgIpc) is 2.31. The maximum Gasteiger partial charge on any atom is 0.123 e. The Labute approximate surface area is 103 Å². The zero-order valence-electron chi connectivity index (χ0n) is 10.6. The molecule has 0 spiro atoms. The molecule has 0 atom stereocenters. The molecule has 2 rings (SSSR count). The minimum absolute atomic E-state index is 0.346. The van der Waals surface area contributed by atoms with Crippen molar-refractivity contribution in [2.45, 2.75) is 26.7 Å². The van der Waals surface area contributed by atoms with Gasteiger partial charge in [0.05, 0.1) is 0 Å². The molecule has 17 heavy (non-hydrogen) atoms. The highest BCUT2D eigenvalue weighted by Gasteiger charge is 2.07. The summed E-state index contributed by atoms with van der Waals surface area (Å²) in [6, 6.07) is 14.1. The van der Waals surface area contributed by atoms with Crippen molar-refractivity contribution >= 4 is 0 Å². The zero-order valence-corrected chi connectivity index (χ0v) is 10.6. The van der Waals surface area contributed by atoms with Crippen molar-refractivity contribution in [2.75, 3.05) is 0 Å². The van der Waals surface area contributed by atoms with Crippen molar-refractivity contribution < 1.29 is 5.11 Å². The van der Waals surface area contributed by atoms with Gasteiger partial charge in [0.1, 0.15) is 5.75 Å². The summed E-state index contributed by atoms with van der Waals surface area (Å²) in [5.74, 6) is 0.818. The summed E-state index contributed by atoms with van der Waals surface area (Å²) in [6.07, 6.45) is 0. The van der Waals surface area contributed by atoms with E-state index in [1.165, 1.54) is 11.1 Å². The van der Waals surface area contributed by atoms with Crippen LogP contribution in [0.2, 0.25) is 0 Å². The van der Waals surface area contributed by atoms with Gasteiger partial charge < -0.3 is 5.11 Å². The van der Waals surface area contributed by atoms with Gasteiger partial charge in [-0.1, -0.05) is 49.7 Å². The number of hydrogen-bond donors (Lipinski definition) is 1. The summed E-state index contributed by atoms with van der Waals surface area (Å²) < 4.78 is 0. The second-order valence-corrected chi connectivity index (χ2v) is 4.80. The van der Waals surface area contributed by atoms with Crippen molar-refractivity contribution in [3.8, 4) is 16.9 Å². The molecule has 0 radical (unpaired) electrons. The minimum Gasteiger partial charge on any atom is -0.507 e. The van der Waals surface area contributed by atoms with E-state index in [4.69, 9.17) is 0 Å². The molecular formula is C16H18O. The third-order valence-corrected chi connectivity index (χ3v) is 3.05. The Hall–Kier alpha value is -1.76. The molecule has 0 amide bonds. The van der Waals surface area contributed by atoms with E-state index in [2.05, 4.69) is 51.1 Å². The molecule has 0 saturated carbocycles. The first-order valence-electron chi connectivity index (χ1n) is 5.98. The SMILES string of the molecule is Cc1ccc(-c2cc(C(C)C)ccc2O)cc1. The Kier molecular flexibility index (Phi) is 3.19. The standard InChI is InChI=1S/C16H18O/c1-11(2)14-8-9-16(17)15(10-14)13-6-4-12(3)5-7-13/h4-11,17H,1-3H3. The molecule has 88 valence electrons. The van der Waals surface area contributed by atoms with E-state index in [9.17, 15) is 5.11 Å². The Balaban J connectivity index is 2.50. The summed E-state index contributed by atoms with van der Waals surface area (Å²) >= 11 is 0. The van der Waals surface area contributed by atoms with Gasteiger partial charge in [-0.25, -0.2) is 0 Å². The van der Waals surface area contributed by atoms with Gasteiger partial charge >= 0.3 is 0 Å². The number of phenolic OH excluding ortho intramolecular Hbond substituents is 1. The van der Waals surface area contributed by atoms with E-state index in [0.29, 0.717) is 11.7 Å². The maximum atomic E-state index is 9.94. The molecular weight excluding hydrogens is 208 g/mol. The van der Waals surface area contributed by atoms with Gasteiger partial charge in [-0.3, -0.25) is 0 Å². The topological polar surface area (TPSA) is 20.2 Å². The van der Waals surface area contributed by atoms with Crippen molar-refractivity contribution in [3.05, 3.63) is 53.6 Å². The average molecular weight is 226 g/mol. The largest absolute Gasteiger partial charge is 0.507 e. The van der Waals surface area contributed by atoms with Crippen molar-refractivity contribution in [1.29, 1.82) is 0 Å². The number of hydrogen-bond acceptors (Lipinski definition) is 1. The lowest BCUT2D eigenvalue weighted by atomic mass is 9.96. The van der Waals surface area contributed by atoms with Crippen LogP contribution in [0.1, 0.15) is 30.9 Å². The van der Waals surface area contributed by atoms with E-state index < -0.39 is 0 Å². The predicted octanol–water partition coefficient (Wildman–Crippen LogP) is 4.49. The van der Waals surface area contributed by atoms with E-state index in [1.54, 1.807) is 6.07 Å². The smallest absolute Gasteiger partial charge is 0.123 e. The molecule has 2 aromatic rings. The number of rotatable bonds is 2. The van der Waals surface area contributed by atoms with Crippen LogP contribution in [0.3, 0.4) is 0 Å². The zero-order chi connectivity index (χ0) is 12.4. The quantitative estimate of drug-likeness (QED) is 0.799. The number of aryl methyl sites for hydroxylation is 1. The molecule has 0 bridgehead atoms. The van der Waals surface area contributed by atoms with Gasteiger partial charge in [-0.2, -0.15) is 0 Å². The van der Waals surface area contributed by atoms with Crippen LogP contribution in [-0.2, 0) is 0 Å². The second-order valence-electron chi connectivity index (χ2n) is 4.80. The highest BCUT2D eigenvalue weighted by Crippen LogP contribution is 2.32. The van der Waals surface area contributed by atoms with Crippen LogP contribution in [0, 0.1) is 6.92 Å². The van der Waals surface area contributed by atoms with Crippen LogP contribution >= 0.6 is 0 Å². The predicted molar refractivity (Wildman–Crippen MR) is 72.4 cm³/mol. The molecule has 0 aliphatic carbocycles. The maximum absolute atomic E-state index is 9.94. The number of benzene rings is 2. The van der Waals surface area contributed by atoms with Crippen molar-refractivity contribution in [3.63, 3.8) is 0 Å². The molecule has 0 heterocycles. The second kappa shape index (κ2) is 4.62. The lowest BCUT2D eigenvalue weighted by Gasteiger charge is -2.10. The van der Waals surface area contributed by atoms with Crippen molar-refractivity contribution in [2.24, 2.45) is 0 Å². The summed E-state index contributed by atoms with van der Waals surface area (Å²) in [7, 11) is 0. The summed E-state index contributed by atoms with van der Waals surface area (Å²) in [6.45, 7) is 6.38. The Bertz CT molecular complexity index is 510. The Morgan fingerprint density at radius 3 is 2.18 bits per heavy atom. The summed E-state index contributed by atoms with van der Waals surface area (Å²) in [5.41, 5.74) is 4.46. The fourth-order valence-corrected chi connectivity index (χ4v) is 1.88. The molecule has 0 aliphatic rings. The van der Waals surface area contributed by atoms with Gasteiger partial charge in [0.2, 0.25) is 0 Å². The third kappa shape index (κ3) is 2.50. The van der Waals surface area contributed by atoms with E-state index >= 15 is 0 Å². The van der Waals surface area contributed by atoms with Gasteiger partial charge in [0.15, 0.2) is 0 Å². The fraction of sp³-hybridized carbons (Fsp3) is 0.250. The molecule has 2 aromatic carbocycles. The van der Waals surface area contributed by atoms with Gasteiger partial charge in [-0.05, 0) is 36.1 Å². The van der Waals surface area contributed by atoms with E-state index in [0.717, 1.165) is 11.1 Å². The highest BCUT2D eigenvalue weighted by atomic mass is 16.3.